The molecule has 1 aromatic rings. The molecule has 1 rings (SSSR count). The molecule has 0 spiro atoms. The summed E-state index contributed by atoms with van der Waals surface area (Å²) in [4.78, 5) is 17.2. The zero-order valence-electron chi connectivity index (χ0n) is 6.34. The molecule has 12 heavy (non-hydrogen) atoms. The van der Waals surface area contributed by atoms with E-state index in [2.05, 4.69) is 9.97 Å². The van der Waals surface area contributed by atoms with Gasteiger partial charge in [0.15, 0.2) is 5.69 Å². The Balaban J connectivity index is -0.000000270. The smallest absolute Gasteiger partial charge is 0.870 e. The van der Waals surface area contributed by atoms with Gasteiger partial charge in [-0.1, -0.05) is 0 Å². The number of aromatic nitrogens is 2. The Morgan fingerprint density at radius 3 is 2.25 bits per heavy atom. The Morgan fingerprint density at radius 1 is 1.42 bits per heavy atom. The summed E-state index contributed by atoms with van der Waals surface area (Å²) in [5, 5.41) is 8.28. The SMILES string of the molecule is Br.O=C(O)c1cnccn1.[Na+].[OH-]. The second kappa shape index (κ2) is 9.08. The number of carboxylic acids is 1. The number of aromatic carboxylic acids is 1. The third kappa shape index (κ3) is 5.62. The molecule has 0 amide bonds. The van der Waals surface area contributed by atoms with Gasteiger partial charge in [-0.25, -0.2) is 9.78 Å². The van der Waals surface area contributed by atoms with Crippen LogP contribution in [0.15, 0.2) is 18.6 Å². The van der Waals surface area contributed by atoms with Gasteiger partial charge in [-0.05, 0) is 0 Å². The number of carboxylic acid groups (broad SMARTS) is 1. The molecule has 0 aliphatic rings. The molecule has 2 N–H and O–H groups in total. The van der Waals surface area contributed by atoms with Crippen LogP contribution in [0.4, 0.5) is 0 Å². The van der Waals surface area contributed by atoms with Crippen LogP contribution in [-0.2, 0) is 0 Å². The van der Waals surface area contributed by atoms with Crippen LogP contribution in [-0.4, -0.2) is 26.5 Å². The predicted octanol–water partition coefficient (Wildman–Crippen LogP) is -2.42. The van der Waals surface area contributed by atoms with Gasteiger partial charge in [0.1, 0.15) is 0 Å². The van der Waals surface area contributed by atoms with Gasteiger partial charge < -0.3 is 10.6 Å². The zero-order chi connectivity index (χ0) is 6.69. The quantitative estimate of drug-likeness (QED) is 0.556. The van der Waals surface area contributed by atoms with Crippen LogP contribution in [0.2, 0.25) is 0 Å². The number of hydrogen-bond donors (Lipinski definition) is 1. The number of hydrogen-bond acceptors (Lipinski definition) is 4. The molecule has 0 aliphatic heterocycles. The maximum atomic E-state index is 10.1. The van der Waals surface area contributed by atoms with Crippen molar-refractivity contribution in [3.05, 3.63) is 24.3 Å². The van der Waals surface area contributed by atoms with Gasteiger partial charge in [0, 0.05) is 12.4 Å². The molecule has 1 heterocycles. The van der Waals surface area contributed by atoms with Gasteiger partial charge >= 0.3 is 35.5 Å². The van der Waals surface area contributed by atoms with Crippen molar-refractivity contribution in [2.75, 3.05) is 0 Å². The molecule has 0 aliphatic carbocycles. The number of halogens is 1. The third-order valence-corrected chi connectivity index (χ3v) is 0.782. The van der Waals surface area contributed by atoms with Gasteiger partial charge in [0.2, 0.25) is 0 Å². The molecule has 0 bridgehead atoms. The molecule has 0 saturated heterocycles. The first-order valence-electron chi connectivity index (χ1n) is 2.30. The van der Waals surface area contributed by atoms with E-state index in [0.29, 0.717) is 0 Å². The van der Waals surface area contributed by atoms with Crippen molar-refractivity contribution in [1.82, 2.24) is 9.97 Å². The Hall–Kier alpha value is -0.01000. The molecule has 0 unspecified atom stereocenters. The summed E-state index contributed by atoms with van der Waals surface area (Å²) < 4.78 is 0. The molecule has 0 atom stereocenters. The van der Waals surface area contributed by atoms with Crippen molar-refractivity contribution in [1.29, 1.82) is 0 Å². The summed E-state index contributed by atoms with van der Waals surface area (Å²) in [6.45, 7) is 0. The summed E-state index contributed by atoms with van der Waals surface area (Å²) in [5.74, 6) is -1.05. The van der Waals surface area contributed by atoms with E-state index in [1.165, 1.54) is 18.6 Å². The van der Waals surface area contributed by atoms with Crippen LogP contribution in [0.5, 0.6) is 0 Å². The topological polar surface area (TPSA) is 93.1 Å². The van der Waals surface area contributed by atoms with Crippen LogP contribution < -0.4 is 29.6 Å². The normalized spacial score (nSPS) is 6.67. The Labute approximate surface area is 102 Å². The predicted molar refractivity (Wildman–Crippen MR) is 41.2 cm³/mol. The fourth-order valence-electron chi connectivity index (χ4n) is 0.410. The second-order valence-electron chi connectivity index (χ2n) is 1.40. The summed E-state index contributed by atoms with van der Waals surface area (Å²) >= 11 is 0. The molecule has 0 fully saturated rings. The number of nitrogens with zero attached hydrogens (tertiary/aromatic N) is 2. The maximum absolute atomic E-state index is 10.1. The first-order chi connectivity index (χ1) is 4.30. The Kier molecular flexibility index (Phi) is 13.6. The van der Waals surface area contributed by atoms with Crippen LogP contribution in [0, 0.1) is 0 Å². The monoisotopic (exact) mass is 244 g/mol. The van der Waals surface area contributed by atoms with E-state index in [9.17, 15) is 4.79 Å². The zero-order valence-corrected chi connectivity index (χ0v) is 10.1. The van der Waals surface area contributed by atoms with E-state index in [4.69, 9.17) is 5.11 Å². The first-order valence-corrected chi connectivity index (χ1v) is 2.30. The maximum Gasteiger partial charge on any atom is 1.00 e. The van der Waals surface area contributed by atoms with Gasteiger partial charge in [-0.3, -0.25) is 4.98 Å². The van der Waals surface area contributed by atoms with Gasteiger partial charge in [-0.2, -0.15) is 0 Å². The third-order valence-electron chi connectivity index (χ3n) is 0.782. The second-order valence-corrected chi connectivity index (χ2v) is 1.40. The minimum absolute atomic E-state index is 0. The van der Waals surface area contributed by atoms with E-state index >= 15 is 0 Å². The molecule has 62 valence electrons. The molecule has 0 radical (unpaired) electrons. The summed E-state index contributed by atoms with van der Waals surface area (Å²) in [6, 6.07) is 0. The molecule has 5 nitrogen and oxygen atoms in total. The molecule has 7 heteroatoms. The minimum atomic E-state index is -1.05. The van der Waals surface area contributed by atoms with Crippen molar-refractivity contribution < 1.29 is 44.9 Å². The first kappa shape index (κ1) is 17.9. The van der Waals surface area contributed by atoms with Crippen LogP contribution in [0.1, 0.15) is 10.5 Å². The molecular formula is C5H6BrN2NaO3. The van der Waals surface area contributed by atoms with E-state index in [1.54, 1.807) is 0 Å². The standard InChI is InChI=1S/C5H4N2O2.BrH.Na.H2O/c8-5(9)4-3-6-1-2-7-4;;;/h1-3H,(H,8,9);1H;;1H2/q;;+1;/p-1. The Bertz CT molecular complexity index is 221. The van der Waals surface area contributed by atoms with E-state index in [1.807, 2.05) is 0 Å². The molecule has 1 aromatic heterocycles. The summed E-state index contributed by atoms with van der Waals surface area (Å²) in [6.07, 6.45) is 3.96. The van der Waals surface area contributed by atoms with Crippen LogP contribution >= 0.6 is 17.0 Å². The summed E-state index contributed by atoms with van der Waals surface area (Å²) in [7, 11) is 0. The largest absolute Gasteiger partial charge is 1.00 e. The van der Waals surface area contributed by atoms with E-state index in [-0.39, 0.29) is 57.7 Å². The number of carbonyl (C=O) groups is 1. The van der Waals surface area contributed by atoms with Gasteiger partial charge in [0.25, 0.3) is 0 Å². The average Bonchev–Trinajstić information content (AvgIpc) is 1.90. The van der Waals surface area contributed by atoms with E-state index in [0.717, 1.165) is 0 Å². The van der Waals surface area contributed by atoms with E-state index < -0.39 is 5.97 Å². The molecule has 0 saturated carbocycles. The van der Waals surface area contributed by atoms with Crippen molar-refractivity contribution in [2.24, 2.45) is 0 Å². The van der Waals surface area contributed by atoms with Crippen molar-refractivity contribution in [3.8, 4) is 0 Å². The molecular weight excluding hydrogens is 239 g/mol. The van der Waals surface area contributed by atoms with Gasteiger partial charge in [0.05, 0.1) is 6.20 Å². The minimum Gasteiger partial charge on any atom is -0.870 e. The van der Waals surface area contributed by atoms with Crippen molar-refractivity contribution in [3.63, 3.8) is 0 Å². The van der Waals surface area contributed by atoms with Crippen LogP contribution in [0.25, 0.3) is 0 Å². The van der Waals surface area contributed by atoms with Gasteiger partial charge in [-0.15, -0.1) is 17.0 Å². The average molecular weight is 245 g/mol. The number of rotatable bonds is 1. The summed E-state index contributed by atoms with van der Waals surface area (Å²) in [5.41, 5.74) is -0.0301. The van der Waals surface area contributed by atoms with Crippen LogP contribution in [0.3, 0.4) is 0 Å². The molecule has 0 aromatic carbocycles. The Morgan fingerprint density at radius 2 is 2.00 bits per heavy atom. The van der Waals surface area contributed by atoms with Crippen molar-refractivity contribution >= 4 is 23.0 Å². The fraction of sp³-hybridized carbons (Fsp3) is 0. The fourth-order valence-corrected chi connectivity index (χ4v) is 0.410. The van der Waals surface area contributed by atoms with Crippen molar-refractivity contribution in [2.45, 2.75) is 0 Å².